The molecule has 0 bridgehead atoms. The topological polar surface area (TPSA) is 3.24 Å². The van der Waals surface area contributed by atoms with E-state index in [1.165, 1.54) is 38.9 Å². The Labute approximate surface area is 154 Å². The van der Waals surface area contributed by atoms with E-state index in [2.05, 4.69) is 90.4 Å². The number of hydrogen-bond acceptors (Lipinski definition) is 1. The third-order valence-corrected chi connectivity index (χ3v) is 5.28. The first-order chi connectivity index (χ1) is 11.7. The molecule has 2 aromatic carbocycles. The fraction of sp³-hybridized carbons (Fsp3) is 0.417. The molecule has 1 unspecified atom stereocenters. The zero-order valence-corrected chi connectivity index (χ0v) is 17.0. The van der Waals surface area contributed by atoms with Gasteiger partial charge in [0, 0.05) is 19.3 Å². The highest BCUT2D eigenvalue weighted by Gasteiger charge is 2.13. The summed E-state index contributed by atoms with van der Waals surface area (Å²) in [6.07, 6.45) is 1.11. The number of aryl methyl sites for hydroxylation is 5. The minimum absolute atomic E-state index is 0.577. The summed E-state index contributed by atoms with van der Waals surface area (Å²) in [7, 11) is 2.16. The van der Waals surface area contributed by atoms with E-state index >= 15 is 0 Å². The van der Waals surface area contributed by atoms with Gasteiger partial charge >= 0.3 is 0 Å². The van der Waals surface area contributed by atoms with Gasteiger partial charge in [-0.2, -0.15) is 0 Å². The lowest BCUT2D eigenvalue weighted by molar-refractivity contribution is 0.386. The fourth-order valence-electron chi connectivity index (χ4n) is 3.66. The molecule has 25 heavy (non-hydrogen) atoms. The molecule has 0 amide bonds. The molecule has 0 spiro atoms. The molecule has 1 nitrogen and oxygen atoms in total. The van der Waals surface area contributed by atoms with E-state index in [1.54, 1.807) is 0 Å². The van der Waals surface area contributed by atoms with Crippen molar-refractivity contribution in [3.63, 3.8) is 0 Å². The van der Waals surface area contributed by atoms with Crippen LogP contribution in [0.4, 0.5) is 0 Å². The largest absolute Gasteiger partial charge is 0.374 e. The molecule has 0 aliphatic rings. The van der Waals surface area contributed by atoms with Crippen molar-refractivity contribution in [3.8, 4) is 0 Å². The first-order valence-electron chi connectivity index (χ1n) is 9.23. The lowest BCUT2D eigenvalue weighted by Gasteiger charge is -2.27. The SMILES string of the molecule is C=C(c1ccc(C)c(C)c1)N(C)CC(C)Cc1c(C)cc(C)cc1C. The average molecular weight is 336 g/mol. The first kappa shape index (κ1) is 19.3. The predicted octanol–water partition coefficient (Wildman–Crippen LogP) is 6.01. The zero-order chi connectivity index (χ0) is 18.7. The summed E-state index contributed by atoms with van der Waals surface area (Å²) in [6, 6.07) is 11.2. The van der Waals surface area contributed by atoms with Crippen LogP contribution in [0.15, 0.2) is 36.9 Å². The van der Waals surface area contributed by atoms with Gasteiger partial charge in [0.15, 0.2) is 0 Å². The van der Waals surface area contributed by atoms with E-state index in [-0.39, 0.29) is 0 Å². The summed E-state index contributed by atoms with van der Waals surface area (Å²) in [6.45, 7) is 18.6. The molecule has 1 atom stereocenters. The standard InChI is InChI=1S/C24H33N/c1-16-11-20(5)24(21(6)12-16)13-17(2)15-25(8)22(7)23-10-9-18(3)19(4)14-23/h9-12,14,17H,7,13,15H2,1-6,8H3. The molecule has 0 aromatic heterocycles. The van der Waals surface area contributed by atoms with Crippen LogP contribution in [0.3, 0.4) is 0 Å². The van der Waals surface area contributed by atoms with Gasteiger partial charge in [0.1, 0.15) is 0 Å². The van der Waals surface area contributed by atoms with Crippen molar-refractivity contribution in [2.24, 2.45) is 5.92 Å². The Balaban J connectivity index is 2.06. The van der Waals surface area contributed by atoms with Gasteiger partial charge in [0.05, 0.1) is 0 Å². The Morgan fingerprint density at radius 1 is 0.920 bits per heavy atom. The maximum atomic E-state index is 4.33. The van der Waals surface area contributed by atoms with Crippen LogP contribution in [-0.4, -0.2) is 18.5 Å². The Kier molecular flexibility index (Phi) is 6.11. The number of benzene rings is 2. The number of rotatable bonds is 6. The highest BCUT2D eigenvalue weighted by atomic mass is 15.1. The Bertz CT molecular complexity index is 747. The van der Waals surface area contributed by atoms with Crippen LogP contribution in [0.2, 0.25) is 0 Å². The summed E-state index contributed by atoms with van der Waals surface area (Å²) in [4.78, 5) is 2.30. The fourth-order valence-corrected chi connectivity index (χ4v) is 3.66. The molecule has 0 saturated heterocycles. The Morgan fingerprint density at radius 2 is 1.52 bits per heavy atom. The summed E-state index contributed by atoms with van der Waals surface area (Å²) in [5.74, 6) is 0.577. The van der Waals surface area contributed by atoms with Crippen LogP contribution < -0.4 is 0 Å². The molecule has 0 heterocycles. The minimum atomic E-state index is 0.577. The molecule has 1 heteroatoms. The molecule has 134 valence electrons. The van der Waals surface area contributed by atoms with Crippen molar-refractivity contribution in [1.82, 2.24) is 4.90 Å². The molecule has 0 fully saturated rings. The van der Waals surface area contributed by atoms with Gasteiger partial charge in [0.25, 0.3) is 0 Å². The number of nitrogens with zero attached hydrogens (tertiary/aromatic N) is 1. The third-order valence-electron chi connectivity index (χ3n) is 5.28. The van der Waals surface area contributed by atoms with Crippen molar-refractivity contribution in [1.29, 1.82) is 0 Å². The molecule has 0 aliphatic carbocycles. The Morgan fingerprint density at radius 3 is 2.08 bits per heavy atom. The van der Waals surface area contributed by atoms with Crippen molar-refractivity contribution in [2.75, 3.05) is 13.6 Å². The van der Waals surface area contributed by atoms with Crippen LogP contribution in [0, 0.1) is 40.5 Å². The van der Waals surface area contributed by atoms with Gasteiger partial charge in [-0.15, -0.1) is 0 Å². The van der Waals surface area contributed by atoms with E-state index in [9.17, 15) is 0 Å². The van der Waals surface area contributed by atoms with Crippen LogP contribution in [-0.2, 0) is 6.42 Å². The maximum Gasteiger partial charge on any atom is 0.0364 e. The van der Waals surface area contributed by atoms with Gasteiger partial charge in [0.2, 0.25) is 0 Å². The lowest BCUT2D eigenvalue weighted by atomic mass is 9.92. The Hall–Kier alpha value is -2.02. The lowest BCUT2D eigenvalue weighted by Crippen LogP contribution is -2.24. The van der Waals surface area contributed by atoms with Crippen molar-refractivity contribution >= 4 is 5.70 Å². The van der Waals surface area contributed by atoms with Crippen LogP contribution in [0.5, 0.6) is 0 Å². The molecule has 2 aromatic rings. The average Bonchev–Trinajstić information content (AvgIpc) is 2.52. The highest BCUT2D eigenvalue weighted by molar-refractivity contribution is 5.62. The smallest absolute Gasteiger partial charge is 0.0364 e. The maximum absolute atomic E-state index is 4.33. The number of hydrogen-bond donors (Lipinski definition) is 0. The van der Waals surface area contributed by atoms with E-state index in [0.717, 1.165) is 18.7 Å². The van der Waals surface area contributed by atoms with E-state index in [4.69, 9.17) is 0 Å². The minimum Gasteiger partial charge on any atom is -0.374 e. The summed E-state index contributed by atoms with van der Waals surface area (Å²) in [5.41, 5.74) is 10.7. The molecule has 2 rings (SSSR count). The molecule has 0 radical (unpaired) electrons. The second kappa shape index (κ2) is 7.91. The van der Waals surface area contributed by atoms with Crippen LogP contribution >= 0.6 is 0 Å². The van der Waals surface area contributed by atoms with Crippen LogP contribution in [0.25, 0.3) is 5.70 Å². The van der Waals surface area contributed by atoms with E-state index in [0.29, 0.717) is 5.92 Å². The summed E-state index contributed by atoms with van der Waals surface area (Å²) >= 11 is 0. The van der Waals surface area contributed by atoms with E-state index < -0.39 is 0 Å². The van der Waals surface area contributed by atoms with Gasteiger partial charge in [-0.1, -0.05) is 43.3 Å². The molecular weight excluding hydrogens is 302 g/mol. The summed E-state index contributed by atoms with van der Waals surface area (Å²) in [5, 5.41) is 0. The van der Waals surface area contributed by atoms with Crippen molar-refractivity contribution in [2.45, 2.75) is 48.0 Å². The zero-order valence-electron chi connectivity index (χ0n) is 17.0. The van der Waals surface area contributed by atoms with Crippen molar-refractivity contribution < 1.29 is 0 Å². The molecule has 0 N–H and O–H groups in total. The van der Waals surface area contributed by atoms with Gasteiger partial charge < -0.3 is 4.90 Å². The predicted molar refractivity (Wildman–Crippen MR) is 111 cm³/mol. The highest BCUT2D eigenvalue weighted by Crippen LogP contribution is 2.23. The molecular formula is C24H33N. The van der Waals surface area contributed by atoms with Crippen LogP contribution in [0.1, 0.15) is 45.9 Å². The molecule has 0 saturated carbocycles. The second-order valence-electron chi connectivity index (χ2n) is 7.81. The normalized spacial score (nSPS) is 12.1. The van der Waals surface area contributed by atoms with Crippen molar-refractivity contribution in [3.05, 3.63) is 75.9 Å². The quantitative estimate of drug-likeness (QED) is 0.625. The second-order valence-corrected chi connectivity index (χ2v) is 7.81. The van der Waals surface area contributed by atoms with E-state index in [1.807, 2.05) is 0 Å². The molecule has 0 aliphatic heterocycles. The van der Waals surface area contributed by atoms with Gasteiger partial charge in [-0.25, -0.2) is 0 Å². The van der Waals surface area contributed by atoms with Gasteiger partial charge in [-0.05, 0) is 86.4 Å². The third kappa shape index (κ3) is 4.75. The monoisotopic (exact) mass is 335 g/mol. The van der Waals surface area contributed by atoms with Gasteiger partial charge in [-0.3, -0.25) is 0 Å². The summed E-state index contributed by atoms with van der Waals surface area (Å²) < 4.78 is 0. The first-order valence-corrected chi connectivity index (χ1v) is 9.23.